The molecule has 2 N–H and O–H groups in total. The lowest BCUT2D eigenvalue weighted by atomic mass is 9.96. The summed E-state index contributed by atoms with van der Waals surface area (Å²) in [6.07, 6.45) is 0. The highest BCUT2D eigenvalue weighted by Gasteiger charge is 2.21. The van der Waals surface area contributed by atoms with Crippen LogP contribution in [0.4, 0.5) is 0 Å². The number of amides is 1. The number of methoxy groups -OCH3 is 1. The van der Waals surface area contributed by atoms with Crippen LogP contribution in [-0.2, 0) is 4.79 Å². The van der Waals surface area contributed by atoms with E-state index in [0.29, 0.717) is 5.92 Å². The highest BCUT2D eigenvalue weighted by molar-refractivity contribution is 5.83. The van der Waals surface area contributed by atoms with Gasteiger partial charge in [-0.1, -0.05) is 19.9 Å². The van der Waals surface area contributed by atoms with Crippen molar-refractivity contribution in [3.05, 3.63) is 29.3 Å². The average Bonchev–Trinajstić information content (AvgIpc) is 2.39. The fourth-order valence-electron chi connectivity index (χ4n) is 1.91. The van der Waals surface area contributed by atoms with E-state index >= 15 is 0 Å². The van der Waals surface area contributed by atoms with Crippen LogP contribution in [0.5, 0.6) is 5.75 Å². The molecular weight excluding hydrogens is 228 g/mol. The standard InChI is InChI=1S/C14H22N2O2/c1-9(2)10-6-7-12(18-5)11(8-10)13(15-3)14(17)16-4/h6-9,13,15H,1-5H3,(H,16,17). The Morgan fingerprint density at radius 2 is 1.94 bits per heavy atom. The van der Waals surface area contributed by atoms with Gasteiger partial charge in [0.15, 0.2) is 0 Å². The van der Waals surface area contributed by atoms with E-state index in [1.165, 1.54) is 5.56 Å². The fourth-order valence-corrected chi connectivity index (χ4v) is 1.91. The third kappa shape index (κ3) is 3.01. The van der Waals surface area contributed by atoms with Crippen LogP contribution in [0, 0.1) is 0 Å². The van der Waals surface area contributed by atoms with E-state index < -0.39 is 6.04 Å². The molecule has 0 bridgehead atoms. The topological polar surface area (TPSA) is 50.4 Å². The van der Waals surface area contributed by atoms with E-state index in [-0.39, 0.29) is 5.91 Å². The van der Waals surface area contributed by atoms with Crippen molar-refractivity contribution in [2.24, 2.45) is 0 Å². The number of nitrogens with one attached hydrogen (secondary N) is 2. The lowest BCUT2D eigenvalue weighted by molar-refractivity contribution is -0.122. The van der Waals surface area contributed by atoms with Crippen molar-refractivity contribution >= 4 is 5.91 Å². The number of likely N-dealkylation sites (N-methyl/N-ethyl adjacent to an activating group) is 2. The van der Waals surface area contributed by atoms with Crippen molar-refractivity contribution in [3.63, 3.8) is 0 Å². The number of benzene rings is 1. The molecule has 0 spiro atoms. The molecule has 1 aromatic rings. The molecular formula is C14H22N2O2. The predicted molar refractivity (Wildman–Crippen MR) is 73.0 cm³/mol. The maximum Gasteiger partial charge on any atom is 0.241 e. The molecule has 4 nitrogen and oxygen atoms in total. The molecule has 100 valence electrons. The number of rotatable bonds is 5. The van der Waals surface area contributed by atoms with E-state index in [1.54, 1.807) is 21.2 Å². The fraction of sp³-hybridized carbons (Fsp3) is 0.500. The Labute approximate surface area is 109 Å². The number of hydrogen-bond acceptors (Lipinski definition) is 3. The second-order valence-electron chi connectivity index (χ2n) is 4.49. The minimum absolute atomic E-state index is 0.0725. The third-order valence-electron chi connectivity index (χ3n) is 3.03. The normalized spacial score (nSPS) is 12.3. The molecule has 1 rings (SSSR count). The summed E-state index contributed by atoms with van der Waals surface area (Å²) in [7, 11) is 5.01. The van der Waals surface area contributed by atoms with Crippen molar-refractivity contribution in [2.45, 2.75) is 25.8 Å². The smallest absolute Gasteiger partial charge is 0.241 e. The molecule has 1 amide bonds. The molecule has 0 fully saturated rings. The first kappa shape index (κ1) is 14.5. The quantitative estimate of drug-likeness (QED) is 0.838. The molecule has 0 aromatic heterocycles. The van der Waals surface area contributed by atoms with Crippen LogP contribution in [-0.4, -0.2) is 27.1 Å². The summed E-state index contributed by atoms with van der Waals surface area (Å²) in [5.74, 6) is 1.07. The van der Waals surface area contributed by atoms with Crippen molar-refractivity contribution < 1.29 is 9.53 Å². The minimum atomic E-state index is -0.399. The van der Waals surface area contributed by atoms with Gasteiger partial charge in [-0.3, -0.25) is 4.79 Å². The molecule has 0 saturated heterocycles. The Hall–Kier alpha value is -1.55. The Kier molecular flexibility index (Phi) is 5.16. The summed E-state index contributed by atoms with van der Waals surface area (Å²) < 4.78 is 5.34. The SMILES string of the molecule is CNC(=O)C(NC)c1cc(C(C)C)ccc1OC. The summed E-state index contributed by atoms with van der Waals surface area (Å²) in [5.41, 5.74) is 2.06. The van der Waals surface area contributed by atoms with Gasteiger partial charge in [-0.25, -0.2) is 0 Å². The van der Waals surface area contributed by atoms with Crippen molar-refractivity contribution in [1.82, 2.24) is 10.6 Å². The van der Waals surface area contributed by atoms with Crippen LogP contribution < -0.4 is 15.4 Å². The van der Waals surface area contributed by atoms with Gasteiger partial charge >= 0.3 is 0 Å². The number of carbonyl (C=O) groups is 1. The molecule has 18 heavy (non-hydrogen) atoms. The maximum absolute atomic E-state index is 11.9. The second kappa shape index (κ2) is 6.40. The first-order valence-electron chi connectivity index (χ1n) is 6.11. The summed E-state index contributed by atoms with van der Waals surface area (Å²) in [6, 6.07) is 5.57. The maximum atomic E-state index is 11.9. The number of carbonyl (C=O) groups excluding carboxylic acids is 1. The predicted octanol–water partition coefficient (Wildman–Crippen LogP) is 1.83. The molecule has 0 aliphatic rings. The largest absolute Gasteiger partial charge is 0.496 e. The van der Waals surface area contributed by atoms with Gasteiger partial charge in [0.25, 0.3) is 0 Å². The molecule has 0 aliphatic carbocycles. The summed E-state index contributed by atoms with van der Waals surface area (Å²) in [6.45, 7) is 4.25. The minimum Gasteiger partial charge on any atom is -0.496 e. The monoisotopic (exact) mass is 250 g/mol. The van der Waals surface area contributed by atoms with E-state index in [2.05, 4.69) is 24.5 Å². The average molecular weight is 250 g/mol. The van der Waals surface area contributed by atoms with Gasteiger partial charge in [-0.15, -0.1) is 0 Å². The van der Waals surface area contributed by atoms with Gasteiger partial charge in [-0.2, -0.15) is 0 Å². The van der Waals surface area contributed by atoms with Gasteiger partial charge in [0, 0.05) is 12.6 Å². The zero-order valence-electron chi connectivity index (χ0n) is 11.7. The molecule has 1 unspecified atom stereocenters. The van der Waals surface area contributed by atoms with E-state index in [4.69, 9.17) is 4.74 Å². The summed E-state index contributed by atoms with van der Waals surface area (Å²) >= 11 is 0. The Morgan fingerprint density at radius 3 is 2.39 bits per heavy atom. The summed E-state index contributed by atoms with van der Waals surface area (Å²) in [5, 5.41) is 5.68. The zero-order valence-corrected chi connectivity index (χ0v) is 11.7. The first-order chi connectivity index (χ1) is 8.54. The van der Waals surface area contributed by atoms with Gasteiger partial charge in [0.1, 0.15) is 11.8 Å². The zero-order chi connectivity index (χ0) is 13.7. The van der Waals surface area contributed by atoms with Crippen molar-refractivity contribution in [1.29, 1.82) is 0 Å². The molecule has 0 aliphatic heterocycles. The third-order valence-corrected chi connectivity index (χ3v) is 3.03. The van der Waals surface area contributed by atoms with Crippen LogP contribution >= 0.6 is 0 Å². The van der Waals surface area contributed by atoms with Gasteiger partial charge in [0.05, 0.1) is 7.11 Å². The van der Waals surface area contributed by atoms with Gasteiger partial charge < -0.3 is 15.4 Å². The van der Waals surface area contributed by atoms with Crippen LogP contribution in [0.15, 0.2) is 18.2 Å². The molecule has 0 radical (unpaired) electrons. The lowest BCUT2D eigenvalue weighted by Crippen LogP contribution is -2.34. The van der Waals surface area contributed by atoms with Crippen LogP contribution in [0.25, 0.3) is 0 Å². The first-order valence-corrected chi connectivity index (χ1v) is 6.11. The highest BCUT2D eigenvalue weighted by Crippen LogP contribution is 2.29. The second-order valence-corrected chi connectivity index (χ2v) is 4.49. The Bertz CT molecular complexity index is 416. The van der Waals surface area contributed by atoms with E-state index in [1.807, 2.05) is 18.2 Å². The molecule has 1 aromatic carbocycles. The molecule has 1 atom stereocenters. The lowest BCUT2D eigenvalue weighted by Gasteiger charge is -2.19. The van der Waals surface area contributed by atoms with E-state index in [9.17, 15) is 4.79 Å². The highest BCUT2D eigenvalue weighted by atomic mass is 16.5. The van der Waals surface area contributed by atoms with Crippen LogP contribution in [0.1, 0.15) is 36.9 Å². The number of ether oxygens (including phenoxy) is 1. The van der Waals surface area contributed by atoms with Crippen LogP contribution in [0.3, 0.4) is 0 Å². The van der Waals surface area contributed by atoms with Crippen LogP contribution in [0.2, 0.25) is 0 Å². The number of hydrogen-bond donors (Lipinski definition) is 2. The van der Waals surface area contributed by atoms with E-state index in [0.717, 1.165) is 11.3 Å². The van der Waals surface area contributed by atoms with Gasteiger partial charge in [0.2, 0.25) is 5.91 Å². The van der Waals surface area contributed by atoms with Crippen molar-refractivity contribution in [2.75, 3.05) is 21.2 Å². The molecule has 0 heterocycles. The van der Waals surface area contributed by atoms with Gasteiger partial charge in [-0.05, 0) is 30.7 Å². The Balaban J connectivity index is 3.25. The Morgan fingerprint density at radius 1 is 1.28 bits per heavy atom. The summed E-state index contributed by atoms with van der Waals surface area (Å²) in [4.78, 5) is 11.9. The molecule has 4 heteroatoms. The van der Waals surface area contributed by atoms with Crippen molar-refractivity contribution in [3.8, 4) is 5.75 Å². The molecule has 0 saturated carbocycles.